The van der Waals surface area contributed by atoms with Crippen molar-refractivity contribution in [3.05, 3.63) is 21.4 Å². The maximum Gasteiger partial charge on any atom is 0.311 e. The Balaban J connectivity index is 2.28. The van der Waals surface area contributed by atoms with E-state index >= 15 is 0 Å². The Morgan fingerprint density at radius 1 is 1.43 bits per heavy atom. The third kappa shape index (κ3) is 3.27. The van der Waals surface area contributed by atoms with Crippen molar-refractivity contribution in [2.75, 3.05) is 19.8 Å². The van der Waals surface area contributed by atoms with Gasteiger partial charge in [0.2, 0.25) is 0 Å². The molecule has 0 bridgehead atoms. The number of thiophene rings is 1. The highest BCUT2D eigenvalue weighted by Crippen LogP contribution is 2.26. The van der Waals surface area contributed by atoms with Crippen LogP contribution in [0.2, 0.25) is 0 Å². The highest BCUT2D eigenvalue weighted by atomic mass is 32.1. The third-order valence-corrected chi connectivity index (χ3v) is 4.73. The van der Waals surface area contributed by atoms with E-state index in [-0.39, 0.29) is 18.6 Å². The second-order valence-electron chi connectivity index (χ2n) is 5.37. The van der Waals surface area contributed by atoms with Crippen LogP contribution in [0, 0.1) is 19.8 Å². The summed E-state index contributed by atoms with van der Waals surface area (Å²) in [5.41, 5.74) is 0.682. The Labute approximate surface area is 128 Å². The van der Waals surface area contributed by atoms with Crippen molar-refractivity contribution in [2.24, 2.45) is 5.92 Å². The first kappa shape index (κ1) is 16.0. The Bertz CT molecular complexity index is 540. The molecule has 0 aromatic carbocycles. The quantitative estimate of drug-likeness (QED) is 0.906. The van der Waals surface area contributed by atoms with Gasteiger partial charge in [-0.2, -0.15) is 0 Å². The summed E-state index contributed by atoms with van der Waals surface area (Å²) in [6.45, 7) is 6.90. The van der Waals surface area contributed by atoms with Gasteiger partial charge in [0, 0.05) is 16.3 Å². The zero-order valence-corrected chi connectivity index (χ0v) is 13.4. The molecular weight excluding hydrogens is 290 g/mol. The van der Waals surface area contributed by atoms with Crippen LogP contribution in [0.3, 0.4) is 0 Å². The van der Waals surface area contributed by atoms with Crippen LogP contribution in [0.25, 0.3) is 0 Å². The van der Waals surface area contributed by atoms with E-state index in [9.17, 15) is 14.7 Å². The number of carbonyl (C=O) groups is 2. The molecule has 1 fully saturated rings. The van der Waals surface area contributed by atoms with E-state index in [1.165, 1.54) is 0 Å². The minimum absolute atomic E-state index is 0.0829. The van der Waals surface area contributed by atoms with Gasteiger partial charge in [0.25, 0.3) is 5.91 Å². The van der Waals surface area contributed by atoms with E-state index < -0.39 is 11.9 Å². The number of hydrogen-bond acceptors (Lipinski definition) is 4. The zero-order valence-electron chi connectivity index (χ0n) is 12.6. The van der Waals surface area contributed by atoms with Gasteiger partial charge in [-0.1, -0.05) is 6.92 Å². The number of carboxylic acids is 1. The van der Waals surface area contributed by atoms with Gasteiger partial charge in [-0.25, -0.2) is 0 Å². The second-order valence-corrected chi connectivity index (χ2v) is 6.84. The number of aryl methyl sites for hydroxylation is 2. The van der Waals surface area contributed by atoms with E-state index in [0.29, 0.717) is 18.7 Å². The maximum atomic E-state index is 12.8. The minimum Gasteiger partial charge on any atom is -0.481 e. The molecule has 0 radical (unpaired) electrons. The zero-order chi connectivity index (χ0) is 15.6. The number of ether oxygens (including phenoxy) is 1. The number of aliphatic carboxylic acids is 1. The van der Waals surface area contributed by atoms with Crippen LogP contribution in [0.5, 0.6) is 0 Å². The predicted molar refractivity (Wildman–Crippen MR) is 80.9 cm³/mol. The van der Waals surface area contributed by atoms with Crippen molar-refractivity contribution < 1.29 is 19.4 Å². The molecule has 1 N–H and O–H groups in total. The summed E-state index contributed by atoms with van der Waals surface area (Å²) in [6, 6.07) is 1.51. The molecule has 6 heteroatoms. The van der Waals surface area contributed by atoms with Crippen molar-refractivity contribution in [1.29, 1.82) is 0 Å². The molecule has 2 atom stereocenters. The normalized spacial score (nSPS) is 21.5. The van der Waals surface area contributed by atoms with Gasteiger partial charge in [0.15, 0.2) is 0 Å². The highest BCUT2D eigenvalue weighted by Gasteiger charge is 2.40. The van der Waals surface area contributed by atoms with Gasteiger partial charge in [-0.3, -0.25) is 9.59 Å². The molecule has 1 amide bonds. The Kier molecular flexibility index (Phi) is 5.00. The lowest BCUT2D eigenvalue weighted by Gasteiger charge is -2.30. The molecule has 2 unspecified atom stereocenters. The fourth-order valence-corrected chi connectivity index (χ4v) is 3.66. The van der Waals surface area contributed by atoms with Crippen LogP contribution in [0.4, 0.5) is 0 Å². The van der Waals surface area contributed by atoms with E-state index in [1.807, 2.05) is 26.8 Å². The summed E-state index contributed by atoms with van der Waals surface area (Å²) in [5, 5.41) is 9.30. The number of hydrogen-bond donors (Lipinski definition) is 1. The summed E-state index contributed by atoms with van der Waals surface area (Å²) < 4.78 is 5.31. The van der Waals surface area contributed by atoms with E-state index in [1.54, 1.807) is 16.2 Å². The molecule has 1 aliphatic heterocycles. The summed E-state index contributed by atoms with van der Waals surface area (Å²) in [4.78, 5) is 27.9. The smallest absolute Gasteiger partial charge is 0.311 e. The molecule has 0 saturated carbocycles. The Morgan fingerprint density at radius 3 is 2.67 bits per heavy atom. The minimum atomic E-state index is -0.898. The van der Waals surface area contributed by atoms with Crippen molar-refractivity contribution in [2.45, 2.75) is 33.2 Å². The van der Waals surface area contributed by atoms with Gasteiger partial charge in [-0.05, 0) is 26.3 Å². The molecule has 1 aromatic rings. The summed E-state index contributed by atoms with van der Waals surface area (Å²) >= 11 is 1.59. The Hall–Kier alpha value is -1.40. The van der Waals surface area contributed by atoms with Crippen LogP contribution in [-0.2, 0) is 9.53 Å². The van der Waals surface area contributed by atoms with Crippen LogP contribution < -0.4 is 0 Å². The lowest BCUT2D eigenvalue weighted by molar-refractivity contribution is -0.142. The molecule has 116 valence electrons. The average Bonchev–Trinajstić information content (AvgIpc) is 3.01. The van der Waals surface area contributed by atoms with Crippen LogP contribution in [-0.4, -0.2) is 47.7 Å². The summed E-state index contributed by atoms with van der Waals surface area (Å²) in [6.07, 6.45) is 0.788. The van der Waals surface area contributed by atoms with Crippen LogP contribution in [0.1, 0.15) is 33.5 Å². The molecule has 0 spiro atoms. The van der Waals surface area contributed by atoms with Crippen molar-refractivity contribution in [1.82, 2.24) is 4.90 Å². The molecule has 1 aromatic heterocycles. The first-order valence-electron chi connectivity index (χ1n) is 7.14. The average molecular weight is 311 g/mol. The van der Waals surface area contributed by atoms with E-state index in [0.717, 1.165) is 16.2 Å². The monoisotopic (exact) mass is 311 g/mol. The first-order valence-corrected chi connectivity index (χ1v) is 7.95. The predicted octanol–water partition coefficient (Wildman–Crippen LogP) is 2.32. The number of carbonyl (C=O) groups excluding carboxylic acids is 1. The fraction of sp³-hybridized carbons (Fsp3) is 0.600. The number of amides is 1. The standard InChI is InChI=1S/C15H21NO4S/c1-4-5-16(13-8-20-7-12(13)15(18)19)14(17)11-6-9(2)21-10(11)3/h6,12-13H,4-5,7-8H2,1-3H3,(H,18,19). The second kappa shape index (κ2) is 6.58. The van der Waals surface area contributed by atoms with Gasteiger partial charge in [0.05, 0.1) is 24.8 Å². The number of nitrogens with zero attached hydrogens (tertiary/aromatic N) is 1. The third-order valence-electron chi connectivity index (χ3n) is 3.76. The number of rotatable bonds is 5. The molecule has 5 nitrogen and oxygen atoms in total. The van der Waals surface area contributed by atoms with Crippen LogP contribution >= 0.6 is 11.3 Å². The van der Waals surface area contributed by atoms with Crippen molar-refractivity contribution in [3.63, 3.8) is 0 Å². The van der Waals surface area contributed by atoms with Gasteiger partial charge >= 0.3 is 5.97 Å². The number of carboxylic acid groups (broad SMARTS) is 1. The molecule has 21 heavy (non-hydrogen) atoms. The maximum absolute atomic E-state index is 12.8. The molecule has 0 aliphatic carbocycles. The van der Waals surface area contributed by atoms with E-state index in [4.69, 9.17) is 4.74 Å². The largest absolute Gasteiger partial charge is 0.481 e. The van der Waals surface area contributed by atoms with Gasteiger partial charge in [-0.15, -0.1) is 11.3 Å². The van der Waals surface area contributed by atoms with Crippen molar-refractivity contribution >= 4 is 23.2 Å². The topological polar surface area (TPSA) is 66.8 Å². The van der Waals surface area contributed by atoms with Gasteiger partial charge in [0.1, 0.15) is 5.92 Å². The SMILES string of the molecule is CCCN(C(=O)c1cc(C)sc1C)C1COCC1C(=O)O. The molecule has 1 aliphatic rings. The molecular formula is C15H21NO4S. The van der Waals surface area contributed by atoms with Crippen LogP contribution in [0.15, 0.2) is 6.07 Å². The molecule has 2 rings (SSSR count). The first-order chi connectivity index (χ1) is 9.95. The Morgan fingerprint density at radius 2 is 2.14 bits per heavy atom. The van der Waals surface area contributed by atoms with Crippen molar-refractivity contribution in [3.8, 4) is 0 Å². The van der Waals surface area contributed by atoms with Gasteiger partial charge < -0.3 is 14.7 Å². The fourth-order valence-electron chi connectivity index (χ4n) is 2.74. The molecule has 2 heterocycles. The highest BCUT2D eigenvalue weighted by molar-refractivity contribution is 7.12. The lowest BCUT2D eigenvalue weighted by Crippen LogP contribution is -2.47. The summed E-state index contributed by atoms with van der Waals surface area (Å²) in [7, 11) is 0. The molecule has 1 saturated heterocycles. The lowest BCUT2D eigenvalue weighted by atomic mass is 10.0. The summed E-state index contributed by atoms with van der Waals surface area (Å²) in [5.74, 6) is -1.62. The van der Waals surface area contributed by atoms with E-state index in [2.05, 4.69) is 0 Å².